The van der Waals surface area contributed by atoms with Crippen molar-refractivity contribution in [1.29, 1.82) is 0 Å². The fourth-order valence-corrected chi connectivity index (χ4v) is 5.59. The molecule has 3 aromatic carbocycles. The molecule has 1 atom stereocenters. The van der Waals surface area contributed by atoms with Crippen LogP contribution in [-0.4, -0.2) is 29.6 Å². The SMILES string of the molecule is CC(CNC(=O)c1ccc(Cl)cc1NS(=O)(=O)c1cccc2nsnc12)c1ccc(Cl)c(Cl)c1. The Kier molecular flexibility index (Phi) is 7.30. The molecule has 1 amide bonds. The average molecular weight is 556 g/mol. The number of fused-ring (bicyclic) bond motifs is 1. The maximum atomic E-state index is 13.1. The third kappa shape index (κ3) is 5.29. The van der Waals surface area contributed by atoms with Gasteiger partial charge in [-0.25, -0.2) is 8.42 Å². The van der Waals surface area contributed by atoms with Crippen molar-refractivity contribution in [3.05, 3.63) is 80.8 Å². The van der Waals surface area contributed by atoms with Gasteiger partial charge < -0.3 is 5.32 Å². The molecule has 12 heteroatoms. The van der Waals surface area contributed by atoms with Gasteiger partial charge >= 0.3 is 0 Å². The summed E-state index contributed by atoms with van der Waals surface area (Å²) in [4.78, 5) is 12.9. The van der Waals surface area contributed by atoms with Crippen molar-refractivity contribution in [3.63, 3.8) is 0 Å². The Morgan fingerprint density at radius 1 is 1.03 bits per heavy atom. The minimum Gasteiger partial charge on any atom is -0.351 e. The van der Waals surface area contributed by atoms with Gasteiger partial charge in [-0.1, -0.05) is 53.9 Å². The van der Waals surface area contributed by atoms with Crippen molar-refractivity contribution in [1.82, 2.24) is 14.1 Å². The van der Waals surface area contributed by atoms with Gasteiger partial charge in [-0.3, -0.25) is 9.52 Å². The number of aromatic nitrogens is 2. The molecule has 1 unspecified atom stereocenters. The normalized spacial score (nSPS) is 12.5. The van der Waals surface area contributed by atoms with Gasteiger partial charge in [0.15, 0.2) is 0 Å². The number of benzene rings is 3. The van der Waals surface area contributed by atoms with Crippen molar-refractivity contribution in [2.75, 3.05) is 11.3 Å². The molecule has 1 heterocycles. The van der Waals surface area contributed by atoms with Gasteiger partial charge in [0, 0.05) is 11.6 Å². The van der Waals surface area contributed by atoms with E-state index < -0.39 is 15.9 Å². The van der Waals surface area contributed by atoms with Crippen LogP contribution >= 0.6 is 46.5 Å². The first-order valence-corrected chi connectivity index (χ1v) is 13.3. The predicted octanol–water partition coefficient (Wildman–Crippen LogP) is 5.99. The van der Waals surface area contributed by atoms with E-state index >= 15 is 0 Å². The molecule has 0 saturated carbocycles. The van der Waals surface area contributed by atoms with Gasteiger partial charge in [0.1, 0.15) is 15.9 Å². The molecular formula is C22H17Cl3N4O3S2. The van der Waals surface area contributed by atoms with Crippen molar-refractivity contribution >= 4 is 79.2 Å². The number of rotatable bonds is 7. The largest absolute Gasteiger partial charge is 0.351 e. The van der Waals surface area contributed by atoms with Crippen molar-refractivity contribution < 1.29 is 13.2 Å². The molecular weight excluding hydrogens is 539 g/mol. The number of amides is 1. The lowest BCUT2D eigenvalue weighted by Gasteiger charge is -2.16. The Morgan fingerprint density at radius 3 is 2.59 bits per heavy atom. The Balaban J connectivity index is 1.56. The van der Waals surface area contributed by atoms with Crippen LogP contribution < -0.4 is 10.0 Å². The summed E-state index contributed by atoms with van der Waals surface area (Å²) < 4.78 is 36.9. The van der Waals surface area contributed by atoms with Gasteiger partial charge in [-0.05, 0) is 53.9 Å². The lowest BCUT2D eigenvalue weighted by atomic mass is 10.0. The molecule has 1 aromatic heterocycles. The van der Waals surface area contributed by atoms with E-state index in [4.69, 9.17) is 34.8 Å². The van der Waals surface area contributed by atoms with E-state index in [0.29, 0.717) is 15.6 Å². The number of nitrogens with one attached hydrogen (secondary N) is 2. The first kappa shape index (κ1) is 24.7. The highest BCUT2D eigenvalue weighted by Gasteiger charge is 2.23. The summed E-state index contributed by atoms with van der Waals surface area (Å²) in [5.41, 5.74) is 1.79. The molecule has 0 aliphatic heterocycles. The van der Waals surface area contributed by atoms with Crippen LogP contribution in [-0.2, 0) is 10.0 Å². The minimum absolute atomic E-state index is 0.0432. The zero-order valence-electron chi connectivity index (χ0n) is 17.6. The second-order valence-electron chi connectivity index (χ2n) is 7.47. The van der Waals surface area contributed by atoms with Crippen LogP contribution in [0.2, 0.25) is 15.1 Å². The van der Waals surface area contributed by atoms with Crippen LogP contribution in [0.4, 0.5) is 5.69 Å². The molecule has 0 saturated heterocycles. The summed E-state index contributed by atoms with van der Waals surface area (Å²) in [5, 5.41) is 3.97. The van der Waals surface area contributed by atoms with Crippen molar-refractivity contribution in [3.8, 4) is 0 Å². The molecule has 0 fully saturated rings. The number of anilines is 1. The van der Waals surface area contributed by atoms with E-state index in [9.17, 15) is 13.2 Å². The number of carbonyl (C=O) groups is 1. The smallest absolute Gasteiger partial charge is 0.264 e. The lowest BCUT2D eigenvalue weighted by molar-refractivity contribution is 0.0952. The molecule has 0 aliphatic rings. The maximum absolute atomic E-state index is 13.1. The Bertz CT molecular complexity index is 1490. The number of carbonyl (C=O) groups excluding carboxylic acids is 1. The van der Waals surface area contributed by atoms with Crippen LogP contribution in [0.5, 0.6) is 0 Å². The summed E-state index contributed by atoms with van der Waals surface area (Å²) in [6.45, 7) is 2.21. The van der Waals surface area contributed by atoms with Crippen LogP contribution in [0.1, 0.15) is 28.8 Å². The molecule has 4 rings (SSSR count). The third-order valence-electron chi connectivity index (χ3n) is 5.09. The molecule has 4 aromatic rings. The van der Waals surface area contributed by atoms with E-state index in [2.05, 4.69) is 18.8 Å². The predicted molar refractivity (Wildman–Crippen MR) is 137 cm³/mol. The topological polar surface area (TPSA) is 101 Å². The minimum atomic E-state index is -4.08. The zero-order valence-corrected chi connectivity index (χ0v) is 21.5. The summed E-state index contributed by atoms with van der Waals surface area (Å²) in [6, 6.07) is 14.3. The van der Waals surface area contributed by atoms with E-state index in [-0.39, 0.29) is 39.1 Å². The zero-order chi connectivity index (χ0) is 24.5. The average Bonchev–Trinajstić information content (AvgIpc) is 3.27. The second kappa shape index (κ2) is 10.1. The molecule has 0 radical (unpaired) electrons. The van der Waals surface area contributed by atoms with Gasteiger partial charge in [0.25, 0.3) is 15.9 Å². The fourth-order valence-electron chi connectivity index (χ4n) is 3.27. The first-order valence-electron chi connectivity index (χ1n) is 9.92. The van der Waals surface area contributed by atoms with Crippen LogP contribution in [0.3, 0.4) is 0 Å². The van der Waals surface area contributed by atoms with Gasteiger partial charge in [0.05, 0.1) is 33.0 Å². The Labute approximate surface area is 215 Å². The highest BCUT2D eigenvalue weighted by molar-refractivity contribution is 7.93. The Hall–Kier alpha value is -2.43. The second-order valence-corrected chi connectivity index (χ2v) is 10.9. The van der Waals surface area contributed by atoms with E-state index in [1.54, 1.807) is 24.3 Å². The first-order chi connectivity index (χ1) is 16.2. The summed E-state index contributed by atoms with van der Waals surface area (Å²) >= 11 is 19.1. The van der Waals surface area contributed by atoms with Gasteiger partial charge in [-0.2, -0.15) is 8.75 Å². The number of sulfonamides is 1. The molecule has 7 nitrogen and oxygen atoms in total. The highest BCUT2D eigenvalue weighted by Crippen LogP contribution is 2.28. The Morgan fingerprint density at radius 2 is 1.82 bits per heavy atom. The van der Waals surface area contributed by atoms with Crippen LogP contribution in [0.25, 0.3) is 11.0 Å². The molecule has 34 heavy (non-hydrogen) atoms. The number of nitrogens with zero attached hydrogens (tertiary/aromatic N) is 2. The molecule has 0 bridgehead atoms. The highest BCUT2D eigenvalue weighted by atomic mass is 35.5. The third-order valence-corrected chi connectivity index (χ3v) is 8.00. The molecule has 176 valence electrons. The quantitative estimate of drug-likeness (QED) is 0.292. The van der Waals surface area contributed by atoms with Crippen LogP contribution in [0.15, 0.2) is 59.5 Å². The van der Waals surface area contributed by atoms with E-state index in [1.165, 1.54) is 24.3 Å². The van der Waals surface area contributed by atoms with Crippen molar-refractivity contribution in [2.24, 2.45) is 0 Å². The standard InChI is InChI=1S/C22H17Cl3N4O3S2/c1-12(13-5-8-16(24)17(25)9-13)11-26-22(30)15-7-6-14(23)10-19(15)29-34(31,32)20-4-2-3-18-21(20)28-33-27-18/h2-10,12,29H,11H2,1H3,(H,26,30). The summed E-state index contributed by atoms with van der Waals surface area (Å²) in [7, 11) is -4.08. The summed E-state index contributed by atoms with van der Waals surface area (Å²) in [5.74, 6) is -0.532. The van der Waals surface area contributed by atoms with Crippen molar-refractivity contribution in [2.45, 2.75) is 17.7 Å². The fraction of sp³-hybridized carbons (Fsp3) is 0.136. The maximum Gasteiger partial charge on any atom is 0.264 e. The summed E-state index contributed by atoms with van der Waals surface area (Å²) in [6.07, 6.45) is 0. The molecule has 2 N–H and O–H groups in total. The van der Waals surface area contributed by atoms with Gasteiger partial charge in [-0.15, -0.1) is 0 Å². The van der Waals surface area contributed by atoms with Crippen LogP contribution in [0, 0.1) is 0 Å². The van der Waals surface area contributed by atoms with E-state index in [1.807, 2.05) is 13.0 Å². The monoisotopic (exact) mass is 554 g/mol. The number of halogens is 3. The molecule has 0 spiro atoms. The molecule has 0 aliphatic carbocycles. The van der Waals surface area contributed by atoms with Gasteiger partial charge in [0.2, 0.25) is 0 Å². The van der Waals surface area contributed by atoms with E-state index in [0.717, 1.165) is 17.3 Å². The number of hydrogen-bond donors (Lipinski definition) is 2. The lowest BCUT2D eigenvalue weighted by Crippen LogP contribution is -2.28. The number of hydrogen-bond acceptors (Lipinski definition) is 6.